The number of nitrogens with zero attached hydrogens (tertiary/aromatic N) is 1. The summed E-state index contributed by atoms with van der Waals surface area (Å²) in [5.41, 5.74) is 1.80. The minimum absolute atomic E-state index is 0.187. The summed E-state index contributed by atoms with van der Waals surface area (Å²) in [6.07, 6.45) is -0.187. The van der Waals surface area contributed by atoms with Crippen molar-refractivity contribution in [1.29, 1.82) is 0 Å². The zero-order valence-electron chi connectivity index (χ0n) is 14.7. The molecule has 4 aromatic rings. The lowest BCUT2D eigenvalue weighted by Crippen LogP contribution is -2.11. The maximum Gasteiger partial charge on any atom is 0.338 e. The number of thiazole rings is 1. The SMILES string of the molecule is CC(C)OC(=O)c1ccc2nc(NC(=O)c3cc4ccccc4o3)sc2c1. The number of carbonyl (C=O) groups is 2. The van der Waals surface area contributed by atoms with Crippen LogP contribution in [0, 0.1) is 0 Å². The number of furan rings is 1. The highest BCUT2D eigenvalue weighted by Gasteiger charge is 2.16. The van der Waals surface area contributed by atoms with Gasteiger partial charge in [-0.2, -0.15) is 0 Å². The van der Waals surface area contributed by atoms with Crippen LogP contribution in [-0.4, -0.2) is 23.0 Å². The van der Waals surface area contributed by atoms with E-state index in [0.29, 0.717) is 21.8 Å². The molecular weight excluding hydrogens is 364 g/mol. The van der Waals surface area contributed by atoms with Crippen LogP contribution >= 0.6 is 11.3 Å². The first-order valence-electron chi connectivity index (χ1n) is 8.41. The first kappa shape index (κ1) is 17.2. The Kier molecular flexibility index (Phi) is 4.37. The van der Waals surface area contributed by atoms with Crippen molar-refractivity contribution in [1.82, 2.24) is 4.98 Å². The quantitative estimate of drug-likeness (QED) is 0.511. The number of rotatable bonds is 4. The van der Waals surface area contributed by atoms with Crippen molar-refractivity contribution in [3.8, 4) is 0 Å². The van der Waals surface area contributed by atoms with Crippen molar-refractivity contribution in [3.05, 3.63) is 59.9 Å². The van der Waals surface area contributed by atoms with Crippen LogP contribution in [0.4, 0.5) is 5.13 Å². The van der Waals surface area contributed by atoms with E-state index in [9.17, 15) is 9.59 Å². The second-order valence-electron chi connectivity index (χ2n) is 6.26. The zero-order valence-corrected chi connectivity index (χ0v) is 15.5. The van der Waals surface area contributed by atoms with Gasteiger partial charge in [0.1, 0.15) is 5.58 Å². The Bertz CT molecular complexity index is 1130. The van der Waals surface area contributed by atoms with E-state index in [-0.39, 0.29) is 23.7 Å². The van der Waals surface area contributed by atoms with Crippen molar-refractivity contribution in [2.45, 2.75) is 20.0 Å². The maximum absolute atomic E-state index is 12.4. The first-order valence-corrected chi connectivity index (χ1v) is 9.23. The van der Waals surface area contributed by atoms with Gasteiger partial charge in [0.25, 0.3) is 5.91 Å². The molecule has 6 nitrogen and oxygen atoms in total. The molecule has 0 unspecified atom stereocenters. The molecule has 0 saturated heterocycles. The molecule has 2 heterocycles. The molecule has 0 atom stereocenters. The van der Waals surface area contributed by atoms with Gasteiger partial charge < -0.3 is 9.15 Å². The fourth-order valence-corrected chi connectivity index (χ4v) is 3.54. The van der Waals surface area contributed by atoms with Gasteiger partial charge in [-0.3, -0.25) is 10.1 Å². The highest BCUT2D eigenvalue weighted by Crippen LogP contribution is 2.28. The third-order valence-electron chi connectivity index (χ3n) is 3.84. The number of carbonyl (C=O) groups excluding carboxylic acids is 2. The number of esters is 1. The lowest BCUT2D eigenvalue weighted by atomic mass is 10.2. The molecule has 1 N–H and O–H groups in total. The van der Waals surface area contributed by atoms with E-state index in [4.69, 9.17) is 9.15 Å². The van der Waals surface area contributed by atoms with E-state index in [0.717, 1.165) is 10.1 Å². The van der Waals surface area contributed by atoms with Crippen LogP contribution in [0.2, 0.25) is 0 Å². The number of aromatic nitrogens is 1. The van der Waals surface area contributed by atoms with Crippen LogP contribution in [0.15, 0.2) is 52.9 Å². The van der Waals surface area contributed by atoms with Gasteiger partial charge in [0.2, 0.25) is 0 Å². The Morgan fingerprint density at radius 2 is 1.96 bits per heavy atom. The molecule has 27 heavy (non-hydrogen) atoms. The molecule has 0 fully saturated rings. The van der Waals surface area contributed by atoms with Crippen molar-refractivity contribution >= 4 is 49.5 Å². The molecule has 4 rings (SSSR count). The number of para-hydroxylation sites is 1. The summed E-state index contributed by atoms with van der Waals surface area (Å²) in [6, 6.07) is 14.2. The number of amides is 1. The third-order valence-corrected chi connectivity index (χ3v) is 4.77. The monoisotopic (exact) mass is 380 g/mol. The van der Waals surface area contributed by atoms with Crippen molar-refractivity contribution in [3.63, 3.8) is 0 Å². The van der Waals surface area contributed by atoms with Crippen LogP contribution in [0.3, 0.4) is 0 Å². The summed E-state index contributed by atoms with van der Waals surface area (Å²) in [5.74, 6) is -0.533. The Morgan fingerprint density at radius 1 is 1.15 bits per heavy atom. The van der Waals surface area contributed by atoms with E-state index in [1.54, 1.807) is 38.1 Å². The number of nitrogens with one attached hydrogen (secondary N) is 1. The first-order chi connectivity index (χ1) is 13.0. The average Bonchev–Trinajstić information content (AvgIpc) is 3.23. The van der Waals surface area contributed by atoms with E-state index in [2.05, 4.69) is 10.3 Å². The summed E-state index contributed by atoms with van der Waals surface area (Å²) < 4.78 is 11.6. The van der Waals surface area contributed by atoms with E-state index >= 15 is 0 Å². The predicted octanol–water partition coefficient (Wildman–Crippen LogP) is 4.86. The Morgan fingerprint density at radius 3 is 2.74 bits per heavy atom. The van der Waals surface area contributed by atoms with Gasteiger partial charge in [-0.1, -0.05) is 29.5 Å². The standard InChI is InChI=1S/C20H16N2O4S/c1-11(2)25-19(24)13-7-8-14-17(10-13)27-20(21-14)22-18(23)16-9-12-5-3-4-6-15(12)26-16/h3-11H,1-2H3,(H,21,22,23). The second-order valence-corrected chi connectivity index (χ2v) is 7.29. The number of anilines is 1. The average molecular weight is 380 g/mol. The van der Waals surface area contributed by atoms with Crippen molar-refractivity contribution in [2.24, 2.45) is 0 Å². The zero-order chi connectivity index (χ0) is 19.0. The highest BCUT2D eigenvalue weighted by molar-refractivity contribution is 7.22. The van der Waals surface area contributed by atoms with Crippen molar-refractivity contribution < 1.29 is 18.7 Å². The van der Waals surface area contributed by atoms with Gasteiger partial charge in [-0.25, -0.2) is 9.78 Å². The van der Waals surface area contributed by atoms with E-state index < -0.39 is 0 Å². The van der Waals surface area contributed by atoms with Gasteiger partial charge in [0.05, 0.1) is 21.9 Å². The fourth-order valence-electron chi connectivity index (χ4n) is 2.64. The van der Waals surface area contributed by atoms with Crippen LogP contribution < -0.4 is 5.32 Å². The summed E-state index contributed by atoms with van der Waals surface area (Å²) in [6.45, 7) is 3.60. The van der Waals surface area contributed by atoms with Crippen LogP contribution in [-0.2, 0) is 4.74 Å². The smallest absolute Gasteiger partial charge is 0.338 e. The third kappa shape index (κ3) is 3.54. The minimum atomic E-state index is -0.381. The molecule has 7 heteroatoms. The lowest BCUT2D eigenvalue weighted by molar-refractivity contribution is 0.0378. The molecule has 0 spiro atoms. The molecule has 0 aliphatic carbocycles. The maximum atomic E-state index is 12.4. The van der Waals surface area contributed by atoms with Gasteiger partial charge >= 0.3 is 5.97 Å². The Labute approximate surface area is 158 Å². The molecule has 0 radical (unpaired) electrons. The summed E-state index contributed by atoms with van der Waals surface area (Å²) >= 11 is 1.29. The van der Waals surface area contributed by atoms with E-state index in [1.165, 1.54) is 11.3 Å². The summed E-state index contributed by atoms with van der Waals surface area (Å²) in [7, 11) is 0. The molecule has 0 aliphatic heterocycles. The normalized spacial score (nSPS) is 11.2. The van der Waals surface area contributed by atoms with Gasteiger partial charge in [-0.15, -0.1) is 0 Å². The number of benzene rings is 2. The molecule has 2 aromatic carbocycles. The number of fused-ring (bicyclic) bond motifs is 2. The molecular formula is C20H16N2O4S. The molecule has 2 aromatic heterocycles. The molecule has 0 bridgehead atoms. The lowest BCUT2D eigenvalue weighted by Gasteiger charge is -2.07. The van der Waals surface area contributed by atoms with Gasteiger partial charge in [0, 0.05) is 5.39 Å². The van der Waals surface area contributed by atoms with Crippen molar-refractivity contribution in [2.75, 3.05) is 5.32 Å². The van der Waals surface area contributed by atoms with E-state index in [1.807, 2.05) is 24.3 Å². The number of hydrogen-bond acceptors (Lipinski definition) is 6. The minimum Gasteiger partial charge on any atom is -0.459 e. The topological polar surface area (TPSA) is 81.4 Å². The van der Waals surface area contributed by atoms with Gasteiger partial charge in [-0.05, 0) is 44.2 Å². The Hall–Kier alpha value is -3.19. The van der Waals surface area contributed by atoms with Gasteiger partial charge in [0.15, 0.2) is 10.9 Å². The van der Waals surface area contributed by atoms with Crippen LogP contribution in [0.25, 0.3) is 21.2 Å². The second kappa shape index (κ2) is 6.85. The molecule has 136 valence electrons. The molecule has 1 amide bonds. The predicted molar refractivity (Wildman–Crippen MR) is 104 cm³/mol. The Balaban J connectivity index is 1.56. The number of ether oxygens (including phenoxy) is 1. The summed E-state index contributed by atoms with van der Waals surface area (Å²) in [5, 5.41) is 4.04. The van der Waals surface area contributed by atoms with Crippen LogP contribution in [0.5, 0.6) is 0 Å². The number of hydrogen-bond donors (Lipinski definition) is 1. The summed E-state index contributed by atoms with van der Waals surface area (Å²) in [4.78, 5) is 28.9. The highest BCUT2D eigenvalue weighted by atomic mass is 32.1. The molecule has 0 aliphatic rings. The molecule has 0 saturated carbocycles. The fraction of sp³-hybridized carbons (Fsp3) is 0.150. The van der Waals surface area contributed by atoms with Crippen LogP contribution in [0.1, 0.15) is 34.8 Å². The largest absolute Gasteiger partial charge is 0.459 e.